The highest BCUT2D eigenvalue weighted by molar-refractivity contribution is 9.10. The van der Waals surface area contributed by atoms with Crippen molar-refractivity contribution in [3.63, 3.8) is 0 Å². The molecule has 3 aromatic rings. The van der Waals surface area contributed by atoms with E-state index in [4.69, 9.17) is 11.6 Å². The van der Waals surface area contributed by atoms with Crippen LogP contribution in [0.15, 0.2) is 35.1 Å². The van der Waals surface area contributed by atoms with Gasteiger partial charge in [0, 0.05) is 10.7 Å². The monoisotopic (exact) mass is 364 g/mol. The molecule has 0 saturated heterocycles. The molecule has 21 heavy (non-hydrogen) atoms. The summed E-state index contributed by atoms with van der Waals surface area (Å²) in [6.45, 7) is 4.46. The van der Waals surface area contributed by atoms with Crippen molar-refractivity contribution in [1.82, 2.24) is 19.5 Å². The lowest BCUT2D eigenvalue weighted by atomic mass is 10.3. The Morgan fingerprint density at radius 2 is 2.10 bits per heavy atom. The van der Waals surface area contributed by atoms with Crippen LogP contribution in [-0.4, -0.2) is 19.5 Å². The van der Waals surface area contributed by atoms with Gasteiger partial charge in [-0.1, -0.05) is 15.9 Å². The molecule has 1 atom stereocenters. The van der Waals surface area contributed by atoms with Gasteiger partial charge in [0.1, 0.15) is 5.82 Å². The molecule has 108 valence electrons. The lowest BCUT2D eigenvalue weighted by molar-refractivity contribution is 0.722. The van der Waals surface area contributed by atoms with Crippen LogP contribution in [0.25, 0.3) is 11.0 Å². The van der Waals surface area contributed by atoms with Crippen LogP contribution in [0.1, 0.15) is 29.5 Å². The topological polar surface area (TPSA) is 43.6 Å². The number of rotatable bonds is 3. The first-order valence-corrected chi connectivity index (χ1v) is 7.85. The molecule has 0 amide bonds. The summed E-state index contributed by atoms with van der Waals surface area (Å²) < 4.78 is 3.10. The molecule has 0 radical (unpaired) electrons. The fourth-order valence-electron chi connectivity index (χ4n) is 2.25. The van der Waals surface area contributed by atoms with Gasteiger partial charge in [-0.15, -0.1) is 11.6 Å². The molecule has 0 N–H and O–H groups in total. The third-order valence-electron chi connectivity index (χ3n) is 3.25. The van der Waals surface area contributed by atoms with E-state index in [0.717, 1.165) is 32.7 Å². The highest BCUT2D eigenvalue weighted by Gasteiger charge is 2.15. The van der Waals surface area contributed by atoms with Gasteiger partial charge in [-0.3, -0.25) is 9.97 Å². The van der Waals surface area contributed by atoms with Crippen molar-refractivity contribution in [2.24, 2.45) is 0 Å². The van der Waals surface area contributed by atoms with Gasteiger partial charge in [-0.2, -0.15) is 0 Å². The van der Waals surface area contributed by atoms with Crippen LogP contribution < -0.4 is 0 Å². The minimum atomic E-state index is -0.172. The van der Waals surface area contributed by atoms with Crippen molar-refractivity contribution in [1.29, 1.82) is 0 Å². The number of benzene rings is 1. The Bertz CT molecular complexity index is 780. The fourth-order valence-corrected chi connectivity index (χ4v) is 2.77. The highest BCUT2D eigenvalue weighted by atomic mass is 79.9. The third kappa shape index (κ3) is 2.94. The number of imidazole rings is 1. The van der Waals surface area contributed by atoms with E-state index in [2.05, 4.69) is 35.4 Å². The predicted octanol–water partition coefficient (Wildman–Crippen LogP) is 4.25. The molecule has 4 nitrogen and oxygen atoms in total. The fraction of sp³-hybridized carbons (Fsp3) is 0.267. The average Bonchev–Trinajstić information content (AvgIpc) is 2.79. The zero-order chi connectivity index (χ0) is 15.0. The molecule has 0 saturated carbocycles. The molecule has 0 aliphatic rings. The number of aromatic nitrogens is 4. The number of hydrogen-bond donors (Lipinski definition) is 0. The van der Waals surface area contributed by atoms with E-state index in [1.165, 1.54) is 0 Å². The minimum absolute atomic E-state index is 0.172. The largest absolute Gasteiger partial charge is 0.321 e. The number of aryl methyl sites for hydroxylation is 1. The van der Waals surface area contributed by atoms with Crippen LogP contribution in [-0.2, 0) is 6.54 Å². The summed E-state index contributed by atoms with van der Waals surface area (Å²) in [4.78, 5) is 13.3. The van der Waals surface area contributed by atoms with Gasteiger partial charge in [0.05, 0.1) is 40.5 Å². The molecular formula is C15H14BrClN4. The molecule has 0 bridgehead atoms. The Labute approximate surface area is 136 Å². The molecule has 0 spiro atoms. The van der Waals surface area contributed by atoms with Crippen LogP contribution >= 0.6 is 27.5 Å². The van der Waals surface area contributed by atoms with Crippen LogP contribution in [0.4, 0.5) is 0 Å². The normalized spacial score (nSPS) is 12.8. The summed E-state index contributed by atoms with van der Waals surface area (Å²) in [5.41, 5.74) is 3.76. The molecule has 3 rings (SSSR count). The molecular weight excluding hydrogens is 352 g/mol. The van der Waals surface area contributed by atoms with E-state index in [1.807, 2.05) is 32.0 Å². The Balaban J connectivity index is 2.10. The van der Waals surface area contributed by atoms with E-state index < -0.39 is 0 Å². The third-order valence-corrected chi connectivity index (χ3v) is 3.94. The van der Waals surface area contributed by atoms with Crippen LogP contribution in [0, 0.1) is 6.92 Å². The van der Waals surface area contributed by atoms with Gasteiger partial charge < -0.3 is 4.57 Å². The molecule has 2 heterocycles. The standard InChI is InChI=1S/C15H14BrClN4/c1-9-6-19-12(7-18-9)8-21-14-4-3-11(16)5-13(14)20-15(21)10(2)17/h3-7,10H,8H2,1-2H3. The minimum Gasteiger partial charge on any atom is -0.321 e. The van der Waals surface area contributed by atoms with Gasteiger partial charge in [0.2, 0.25) is 0 Å². The van der Waals surface area contributed by atoms with Crippen molar-refractivity contribution in [3.05, 3.63) is 52.3 Å². The van der Waals surface area contributed by atoms with Gasteiger partial charge in [-0.05, 0) is 32.0 Å². The number of halogens is 2. The molecule has 2 aromatic heterocycles. The summed E-state index contributed by atoms with van der Waals surface area (Å²) in [5, 5.41) is -0.172. The van der Waals surface area contributed by atoms with Crippen molar-refractivity contribution >= 4 is 38.6 Å². The van der Waals surface area contributed by atoms with Crippen LogP contribution in [0.3, 0.4) is 0 Å². The number of hydrogen-bond acceptors (Lipinski definition) is 3. The first-order chi connectivity index (χ1) is 10.0. The van der Waals surface area contributed by atoms with E-state index in [9.17, 15) is 0 Å². The summed E-state index contributed by atoms with van der Waals surface area (Å²) in [5.74, 6) is 0.840. The van der Waals surface area contributed by atoms with Crippen LogP contribution in [0.2, 0.25) is 0 Å². The molecule has 1 aromatic carbocycles. The maximum absolute atomic E-state index is 6.28. The zero-order valence-corrected chi connectivity index (χ0v) is 14.1. The molecule has 0 aliphatic carbocycles. The van der Waals surface area contributed by atoms with Crippen molar-refractivity contribution < 1.29 is 0 Å². The van der Waals surface area contributed by atoms with Gasteiger partial charge >= 0.3 is 0 Å². The smallest absolute Gasteiger partial charge is 0.128 e. The first-order valence-electron chi connectivity index (χ1n) is 6.62. The Kier molecular flexibility index (Phi) is 3.95. The second-order valence-electron chi connectivity index (χ2n) is 4.95. The molecule has 0 aliphatic heterocycles. The van der Waals surface area contributed by atoms with Crippen molar-refractivity contribution in [2.45, 2.75) is 25.8 Å². The summed E-state index contributed by atoms with van der Waals surface area (Å²) >= 11 is 9.75. The molecule has 1 unspecified atom stereocenters. The number of alkyl halides is 1. The average molecular weight is 366 g/mol. The number of nitrogens with zero attached hydrogens (tertiary/aromatic N) is 4. The SMILES string of the molecule is Cc1cnc(Cn2c(C(C)Cl)nc3cc(Br)ccc32)cn1. The predicted molar refractivity (Wildman–Crippen MR) is 87.6 cm³/mol. The lowest BCUT2D eigenvalue weighted by Gasteiger charge is -2.10. The molecule has 6 heteroatoms. The second-order valence-corrected chi connectivity index (χ2v) is 6.52. The second kappa shape index (κ2) is 5.73. The van der Waals surface area contributed by atoms with Crippen molar-refractivity contribution in [3.8, 4) is 0 Å². The summed E-state index contributed by atoms with van der Waals surface area (Å²) in [7, 11) is 0. The highest BCUT2D eigenvalue weighted by Crippen LogP contribution is 2.27. The maximum atomic E-state index is 6.28. The first kappa shape index (κ1) is 14.5. The van der Waals surface area contributed by atoms with Crippen molar-refractivity contribution in [2.75, 3.05) is 0 Å². The van der Waals surface area contributed by atoms with E-state index >= 15 is 0 Å². The number of fused-ring (bicyclic) bond motifs is 1. The molecule has 0 fully saturated rings. The maximum Gasteiger partial charge on any atom is 0.128 e. The Morgan fingerprint density at radius 1 is 1.29 bits per heavy atom. The van der Waals surface area contributed by atoms with E-state index in [-0.39, 0.29) is 5.38 Å². The lowest BCUT2D eigenvalue weighted by Crippen LogP contribution is -2.07. The van der Waals surface area contributed by atoms with Crippen LogP contribution in [0.5, 0.6) is 0 Å². The van der Waals surface area contributed by atoms with Gasteiger partial charge in [-0.25, -0.2) is 4.98 Å². The Morgan fingerprint density at radius 3 is 2.76 bits per heavy atom. The van der Waals surface area contributed by atoms with Gasteiger partial charge in [0.15, 0.2) is 0 Å². The Hall–Kier alpha value is -1.46. The summed E-state index contributed by atoms with van der Waals surface area (Å²) in [6, 6.07) is 6.04. The van der Waals surface area contributed by atoms with E-state index in [1.54, 1.807) is 12.4 Å². The quantitative estimate of drug-likeness (QED) is 0.652. The zero-order valence-electron chi connectivity index (χ0n) is 11.7. The summed E-state index contributed by atoms with van der Waals surface area (Å²) in [6.07, 6.45) is 3.57. The van der Waals surface area contributed by atoms with E-state index in [0.29, 0.717) is 6.54 Å². The van der Waals surface area contributed by atoms with Gasteiger partial charge in [0.25, 0.3) is 0 Å².